The predicted octanol–water partition coefficient (Wildman–Crippen LogP) is 2.49. The van der Waals surface area contributed by atoms with Gasteiger partial charge < -0.3 is 10.6 Å². The van der Waals surface area contributed by atoms with Crippen LogP contribution in [-0.4, -0.2) is 33.8 Å². The molecule has 3 rings (SSSR count). The van der Waals surface area contributed by atoms with Gasteiger partial charge >= 0.3 is 0 Å². The van der Waals surface area contributed by atoms with Crippen LogP contribution < -0.4 is 10.6 Å². The molecule has 1 aromatic carbocycles. The lowest BCUT2D eigenvalue weighted by molar-refractivity contribution is 0.613. The molecule has 0 atom stereocenters. The highest BCUT2D eigenvalue weighted by molar-refractivity contribution is 14.0. The van der Waals surface area contributed by atoms with Crippen molar-refractivity contribution in [3.63, 3.8) is 0 Å². The van der Waals surface area contributed by atoms with E-state index in [1.807, 2.05) is 19.2 Å². The largest absolute Gasteiger partial charge is 0.354 e. The molecule has 0 saturated heterocycles. The molecule has 0 aliphatic heterocycles. The SMILES string of the molecule is CN=C(NCc1ccc(-n2cncn2)cc1)NC1CCCC1.I. The van der Waals surface area contributed by atoms with E-state index < -0.39 is 0 Å². The number of hydrogen-bond acceptors (Lipinski definition) is 3. The molecule has 7 heteroatoms. The molecule has 6 nitrogen and oxygen atoms in total. The standard InChI is InChI=1S/C16H22N6.HI/c1-17-16(21-14-4-2-3-5-14)19-10-13-6-8-15(9-7-13)22-12-18-11-20-22;/h6-9,11-12,14H,2-5,10H2,1H3,(H2,17,19,21);1H. The van der Waals surface area contributed by atoms with Crippen molar-refractivity contribution in [1.82, 2.24) is 25.4 Å². The van der Waals surface area contributed by atoms with Crippen LogP contribution in [0.1, 0.15) is 31.2 Å². The van der Waals surface area contributed by atoms with Crippen LogP contribution in [0, 0.1) is 0 Å². The van der Waals surface area contributed by atoms with Gasteiger partial charge in [0.15, 0.2) is 5.96 Å². The van der Waals surface area contributed by atoms with Crippen molar-refractivity contribution in [2.45, 2.75) is 38.3 Å². The number of rotatable bonds is 4. The number of aliphatic imine (C=N–C) groups is 1. The van der Waals surface area contributed by atoms with E-state index in [0.29, 0.717) is 6.04 Å². The lowest BCUT2D eigenvalue weighted by Crippen LogP contribution is -2.41. The van der Waals surface area contributed by atoms with Crippen LogP contribution in [0.5, 0.6) is 0 Å². The van der Waals surface area contributed by atoms with Crippen LogP contribution in [0.2, 0.25) is 0 Å². The van der Waals surface area contributed by atoms with Gasteiger partial charge in [-0.25, -0.2) is 9.67 Å². The minimum Gasteiger partial charge on any atom is -0.354 e. The van der Waals surface area contributed by atoms with Crippen molar-refractivity contribution in [1.29, 1.82) is 0 Å². The number of aromatic nitrogens is 3. The molecular formula is C16H23IN6. The van der Waals surface area contributed by atoms with Crippen molar-refractivity contribution >= 4 is 29.9 Å². The zero-order chi connectivity index (χ0) is 15.2. The summed E-state index contributed by atoms with van der Waals surface area (Å²) in [7, 11) is 1.82. The maximum atomic E-state index is 4.30. The molecule has 0 bridgehead atoms. The monoisotopic (exact) mass is 426 g/mol. The Morgan fingerprint density at radius 2 is 2.00 bits per heavy atom. The third-order valence-electron chi connectivity index (χ3n) is 4.00. The van der Waals surface area contributed by atoms with Crippen molar-refractivity contribution in [2.24, 2.45) is 4.99 Å². The van der Waals surface area contributed by atoms with E-state index in [-0.39, 0.29) is 24.0 Å². The summed E-state index contributed by atoms with van der Waals surface area (Å²) in [6, 6.07) is 8.83. The first-order chi connectivity index (χ1) is 10.8. The smallest absolute Gasteiger partial charge is 0.191 e. The van der Waals surface area contributed by atoms with Crippen molar-refractivity contribution in [3.05, 3.63) is 42.5 Å². The first-order valence-corrected chi connectivity index (χ1v) is 7.76. The molecule has 1 fully saturated rings. The molecule has 23 heavy (non-hydrogen) atoms. The van der Waals surface area contributed by atoms with E-state index in [4.69, 9.17) is 0 Å². The average Bonchev–Trinajstić information content (AvgIpc) is 3.25. The van der Waals surface area contributed by atoms with E-state index in [1.54, 1.807) is 11.0 Å². The van der Waals surface area contributed by atoms with E-state index >= 15 is 0 Å². The van der Waals surface area contributed by atoms with Gasteiger partial charge in [0.1, 0.15) is 12.7 Å². The van der Waals surface area contributed by atoms with Gasteiger partial charge in [-0.05, 0) is 30.5 Å². The van der Waals surface area contributed by atoms with E-state index in [2.05, 4.69) is 37.8 Å². The van der Waals surface area contributed by atoms with Crippen LogP contribution >= 0.6 is 24.0 Å². The Morgan fingerprint density at radius 3 is 2.61 bits per heavy atom. The van der Waals surface area contributed by atoms with Crippen molar-refractivity contribution in [2.75, 3.05) is 7.05 Å². The molecular weight excluding hydrogens is 403 g/mol. The molecule has 124 valence electrons. The number of benzene rings is 1. The maximum Gasteiger partial charge on any atom is 0.191 e. The third kappa shape index (κ3) is 4.92. The molecule has 2 N–H and O–H groups in total. The molecule has 1 aromatic heterocycles. The molecule has 0 radical (unpaired) electrons. The highest BCUT2D eigenvalue weighted by Gasteiger charge is 2.15. The van der Waals surface area contributed by atoms with Crippen molar-refractivity contribution in [3.8, 4) is 5.69 Å². The van der Waals surface area contributed by atoms with Gasteiger partial charge in [0.25, 0.3) is 0 Å². The Hall–Kier alpha value is -1.64. The first-order valence-electron chi connectivity index (χ1n) is 7.76. The third-order valence-corrected chi connectivity index (χ3v) is 4.00. The summed E-state index contributed by atoms with van der Waals surface area (Å²) in [5, 5.41) is 11.0. The number of nitrogens with zero attached hydrogens (tertiary/aromatic N) is 4. The number of halogens is 1. The Kier molecular flexibility index (Phi) is 6.82. The Bertz CT molecular complexity index is 602. The minimum absolute atomic E-state index is 0. The highest BCUT2D eigenvalue weighted by atomic mass is 127. The summed E-state index contributed by atoms with van der Waals surface area (Å²) in [6.07, 6.45) is 8.35. The average molecular weight is 426 g/mol. The van der Waals surface area contributed by atoms with Crippen LogP contribution in [-0.2, 0) is 6.54 Å². The molecule has 1 aliphatic carbocycles. The summed E-state index contributed by atoms with van der Waals surface area (Å²) >= 11 is 0. The molecule has 2 aromatic rings. The Labute approximate surface area is 153 Å². The van der Waals surface area contributed by atoms with Crippen LogP contribution in [0.25, 0.3) is 5.69 Å². The number of nitrogens with one attached hydrogen (secondary N) is 2. The van der Waals surface area contributed by atoms with Crippen LogP contribution in [0.3, 0.4) is 0 Å². The normalized spacial score (nSPS) is 15.3. The number of hydrogen-bond donors (Lipinski definition) is 2. The summed E-state index contributed by atoms with van der Waals surface area (Å²) in [5.74, 6) is 0.882. The van der Waals surface area contributed by atoms with E-state index in [9.17, 15) is 0 Å². The lowest BCUT2D eigenvalue weighted by atomic mass is 10.2. The van der Waals surface area contributed by atoms with Gasteiger partial charge in [0.2, 0.25) is 0 Å². The van der Waals surface area contributed by atoms with Gasteiger partial charge in [0, 0.05) is 19.6 Å². The van der Waals surface area contributed by atoms with Crippen molar-refractivity contribution < 1.29 is 0 Å². The maximum absolute atomic E-state index is 4.30. The van der Waals surface area contributed by atoms with Crippen LogP contribution in [0.15, 0.2) is 41.9 Å². The van der Waals surface area contributed by atoms with Gasteiger partial charge in [-0.3, -0.25) is 4.99 Å². The zero-order valence-corrected chi connectivity index (χ0v) is 15.6. The lowest BCUT2D eigenvalue weighted by Gasteiger charge is -2.17. The number of guanidine groups is 1. The van der Waals surface area contributed by atoms with E-state index in [1.165, 1.54) is 37.6 Å². The minimum atomic E-state index is 0. The van der Waals surface area contributed by atoms with Gasteiger partial charge in [0.05, 0.1) is 5.69 Å². The molecule has 1 aliphatic rings. The second-order valence-corrected chi connectivity index (χ2v) is 5.56. The second kappa shape index (κ2) is 8.85. The summed E-state index contributed by atoms with van der Waals surface area (Å²) in [4.78, 5) is 8.25. The van der Waals surface area contributed by atoms with E-state index in [0.717, 1.165) is 18.2 Å². The molecule has 1 saturated carbocycles. The van der Waals surface area contributed by atoms with Gasteiger partial charge in [-0.1, -0.05) is 25.0 Å². The summed E-state index contributed by atoms with van der Waals surface area (Å²) < 4.78 is 1.75. The quantitative estimate of drug-likeness (QED) is 0.448. The summed E-state index contributed by atoms with van der Waals surface area (Å²) in [5.41, 5.74) is 2.22. The second-order valence-electron chi connectivity index (χ2n) is 5.56. The Balaban J connectivity index is 0.00000192. The molecule has 0 spiro atoms. The molecule has 0 unspecified atom stereocenters. The van der Waals surface area contributed by atoms with Gasteiger partial charge in [-0.2, -0.15) is 5.10 Å². The highest BCUT2D eigenvalue weighted by Crippen LogP contribution is 2.17. The fourth-order valence-corrected chi connectivity index (χ4v) is 2.75. The molecule has 0 amide bonds. The Morgan fingerprint density at radius 1 is 1.26 bits per heavy atom. The molecule has 1 heterocycles. The first kappa shape index (κ1) is 17.7. The fraction of sp³-hybridized carbons (Fsp3) is 0.438. The summed E-state index contributed by atoms with van der Waals surface area (Å²) in [6.45, 7) is 0.754. The fourth-order valence-electron chi connectivity index (χ4n) is 2.75. The topological polar surface area (TPSA) is 67.1 Å². The van der Waals surface area contributed by atoms with Crippen LogP contribution in [0.4, 0.5) is 0 Å². The zero-order valence-electron chi connectivity index (χ0n) is 13.3. The van der Waals surface area contributed by atoms with Gasteiger partial charge in [-0.15, -0.1) is 24.0 Å². The predicted molar refractivity (Wildman–Crippen MR) is 102 cm³/mol.